The zero-order chi connectivity index (χ0) is 11.3. The van der Waals surface area contributed by atoms with Crippen molar-refractivity contribution in [3.05, 3.63) is 28.2 Å². The molecule has 3 nitrogen and oxygen atoms in total. The molecule has 0 saturated heterocycles. The Balaban J connectivity index is 2.92. The summed E-state index contributed by atoms with van der Waals surface area (Å²) in [7, 11) is 0. The first kappa shape index (κ1) is 11.6. The van der Waals surface area contributed by atoms with E-state index in [1.54, 1.807) is 18.2 Å². The first-order chi connectivity index (χ1) is 7.16. The minimum atomic E-state index is -1.03. The Labute approximate surface area is 96.2 Å². The van der Waals surface area contributed by atoms with Crippen molar-refractivity contribution in [3.8, 4) is 18.1 Å². The highest BCUT2D eigenvalue weighted by Crippen LogP contribution is 2.26. The van der Waals surface area contributed by atoms with Gasteiger partial charge in [0.05, 0.1) is 6.61 Å². The normalized spacial score (nSPS) is 9.33. The van der Waals surface area contributed by atoms with Crippen LogP contribution in [0, 0.1) is 12.3 Å². The van der Waals surface area contributed by atoms with Crippen molar-refractivity contribution < 1.29 is 14.6 Å². The molecule has 0 aromatic heterocycles. The Bertz CT molecular complexity index is 407. The van der Waals surface area contributed by atoms with Crippen LogP contribution < -0.4 is 4.74 Å². The van der Waals surface area contributed by atoms with Crippen LogP contribution in [-0.4, -0.2) is 17.7 Å². The highest BCUT2D eigenvalue weighted by molar-refractivity contribution is 9.10. The van der Waals surface area contributed by atoms with Crippen LogP contribution in [0.5, 0.6) is 5.75 Å². The predicted octanol–water partition coefficient (Wildman–Crippen LogP) is 2.55. The standard InChI is InChI=1S/C11H9BrO3/c1-2-3-7-15-9-6-4-5-8(12)10(9)11(13)14/h1,4-6H,3,7H2,(H,13,14). The van der Waals surface area contributed by atoms with E-state index in [-0.39, 0.29) is 5.56 Å². The lowest BCUT2D eigenvalue weighted by molar-refractivity contribution is 0.0691. The topological polar surface area (TPSA) is 46.5 Å². The molecular formula is C11H9BrO3. The molecular weight excluding hydrogens is 260 g/mol. The molecule has 0 fully saturated rings. The van der Waals surface area contributed by atoms with E-state index in [1.165, 1.54) is 0 Å². The highest BCUT2D eigenvalue weighted by atomic mass is 79.9. The van der Waals surface area contributed by atoms with E-state index < -0.39 is 5.97 Å². The maximum Gasteiger partial charge on any atom is 0.340 e. The van der Waals surface area contributed by atoms with Crippen molar-refractivity contribution in [2.24, 2.45) is 0 Å². The number of ether oxygens (including phenoxy) is 1. The number of carbonyl (C=O) groups is 1. The van der Waals surface area contributed by atoms with Crippen molar-refractivity contribution in [3.63, 3.8) is 0 Å². The van der Waals surface area contributed by atoms with E-state index in [2.05, 4.69) is 21.9 Å². The van der Waals surface area contributed by atoms with E-state index in [1.807, 2.05) is 0 Å². The maximum atomic E-state index is 10.9. The number of rotatable bonds is 4. The summed E-state index contributed by atoms with van der Waals surface area (Å²) in [5.74, 6) is 1.71. The van der Waals surface area contributed by atoms with E-state index in [9.17, 15) is 4.79 Å². The molecule has 0 aliphatic rings. The second-order valence-corrected chi connectivity index (χ2v) is 3.58. The number of carboxylic acids is 1. The monoisotopic (exact) mass is 268 g/mol. The van der Waals surface area contributed by atoms with Gasteiger partial charge in [0, 0.05) is 10.9 Å². The minimum Gasteiger partial charge on any atom is -0.492 e. The van der Waals surface area contributed by atoms with Crippen LogP contribution >= 0.6 is 15.9 Å². The molecule has 4 heteroatoms. The molecule has 0 amide bonds. The number of hydrogen-bond donors (Lipinski definition) is 1. The Hall–Kier alpha value is -1.47. The van der Waals surface area contributed by atoms with Crippen LogP contribution in [0.3, 0.4) is 0 Å². The second kappa shape index (κ2) is 5.42. The van der Waals surface area contributed by atoms with Crippen LogP contribution in [0.25, 0.3) is 0 Å². The average Bonchev–Trinajstić information content (AvgIpc) is 2.17. The molecule has 0 radical (unpaired) electrons. The van der Waals surface area contributed by atoms with Crippen molar-refractivity contribution in [1.29, 1.82) is 0 Å². The van der Waals surface area contributed by atoms with Gasteiger partial charge in [0.25, 0.3) is 0 Å². The number of halogens is 1. The van der Waals surface area contributed by atoms with Crippen molar-refractivity contribution in [2.45, 2.75) is 6.42 Å². The van der Waals surface area contributed by atoms with Crippen LogP contribution in [0.4, 0.5) is 0 Å². The fourth-order valence-corrected chi connectivity index (χ4v) is 1.57. The smallest absolute Gasteiger partial charge is 0.340 e. The average molecular weight is 269 g/mol. The van der Waals surface area contributed by atoms with Gasteiger partial charge in [-0.05, 0) is 28.1 Å². The molecule has 0 unspecified atom stereocenters. The highest BCUT2D eigenvalue weighted by Gasteiger charge is 2.14. The zero-order valence-corrected chi connectivity index (χ0v) is 9.45. The molecule has 0 aliphatic heterocycles. The third kappa shape index (κ3) is 3.00. The van der Waals surface area contributed by atoms with Crippen molar-refractivity contribution >= 4 is 21.9 Å². The Kier molecular flexibility index (Phi) is 4.19. The molecule has 0 spiro atoms. The molecule has 1 aromatic rings. The zero-order valence-electron chi connectivity index (χ0n) is 7.87. The number of terminal acetylenes is 1. The van der Waals surface area contributed by atoms with Crippen LogP contribution in [-0.2, 0) is 0 Å². The maximum absolute atomic E-state index is 10.9. The fraction of sp³-hybridized carbons (Fsp3) is 0.182. The van der Waals surface area contributed by atoms with Gasteiger partial charge in [-0.1, -0.05) is 6.07 Å². The van der Waals surface area contributed by atoms with Gasteiger partial charge in [-0.3, -0.25) is 0 Å². The summed E-state index contributed by atoms with van der Waals surface area (Å²) >= 11 is 3.16. The van der Waals surface area contributed by atoms with Crippen LogP contribution in [0.15, 0.2) is 22.7 Å². The third-order valence-electron chi connectivity index (χ3n) is 1.69. The first-order valence-corrected chi connectivity index (χ1v) is 5.04. The lowest BCUT2D eigenvalue weighted by Gasteiger charge is -2.08. The summed E-state index contributed by atoms with van der Waals surface area (Å²) in [6, 6.07) is 4.96. The molecule has 0 saturated carbocycles. The summed E-state index contributed by atoms with van der Waals surface area (Å²) in [6.45, 7) is 0.313. The Morgan fingerprint density at radius 1 is 1.60 bits per heavy atom. The molecule has 0 heterocycles. The lowest BCUT2D eigenvalue weighted by Crippen LogP contribution is -2.04. The van der Waals surface area contributed by atoms with Gasteiger partial charge in [0.1, 0.15) is 11.3 Å². The van der Waals surface area contributed by atoms with Crippen LogP contribution in [0.2, 0.25) is 0 Å². The number of carboxylic acid groups (broad SMARTS) is 1. The molecule has 0 atom stereocenters. The summed E-state index contributed by atoms with van der Waals surface area (Å²) in [6.07, 6.45) is 5.51. The summed E-state index contributed by atoms with van der Waals surface area (Å²) < 4.78 is 5.76. The Morgan fingerprint density at radius 2 is 2.33 bits per heavy atom. The Morgan fingerprint density at radius 3 is 2.93 bits per heavy atom. The van der Waals surface area contributed by atoms with E-state index >= 15 is 0 Å². The van der Waals surface area contributed by atoms with Gasteiger partial charge < -0.3 is 9.84 Å². The van der Waals surface area contributed by atoms with Gasteiger partial charge in [-0.25, -0.2) is 4.79 Å². The van der Waals surface area contributed by atoms with E-state index in [4.69, 9.17) is 16.3 Å². The number of aromatic carboxylic acids is 1. The third-order valence-corrected chi connectivity index (χ3v) is 2.35. The molecule has 0 aliphatic carbocycles. The van der Waals surface area contributed by atoms with Crippen molar-refractivity contribution in [2.75, 3.05) is 6.61 Å². The molecule has 15 heavy (non-hydrogen) atoms. The molecule has 1 rings (SSSR count). The fourth-order valence-electron chi connectivity index (χ4n) is 1.05. The van der Waals surface area contributed by atoms with Gasteiger partial charge in [-0.2, -0.15) is 0 Å². The number of hydrogen-bond acceptors (Lipinski definition) is 2. The molecule has 0 bridgehead atoms. The van der Waals surface area contributed by atoms with E-state index in [0.717, 1.165) is 0 Å². The summed E-state index contributed by atoms with van der Waals surface area (Å²) in [5.41, 5.74) is 0.120. The van der Waals surface area contributed by atoms with Gasteiger partial charge in [0.2, 0.25) is 0 Å². The number of benzene rings is 1. The lowest BCUT2D eigenvalue weighted by atomic mass is 10.2. The SMILES string of the molecule is C#CCCOc1cccc(Br)c1C(=O)O. The molecule has 1 aromatic carbocycles. The predicted molar refractivity (Wildman–Crippen MR) is 60.0 cm³/mol. The first-order valence-electron chi connectivity index (χ1n) is 4.25. The minimum absolute atomic E-state index is 0.120. The van der Waals surface area contributed by atoms with Gasteiger partial charge in [-0.15, -0.1) is 12.3 Å². The second-order valence-electron chi connectivity index (χ2n) is 2.72. The summed E-state index contributed by atoms with van der Waals surface area (Å²) in [4.78, 5) is 10.9. The quantitative estimate of drug-likeness (QED) is 0.675. The molecule has 78 valence electrons. The van der Waals surface area contributed by atoms with Gasteiger partial charge in [0.15, 0.2) is 0 Å². The van der Waals surface area contributed by atoms with Crippen molar-refractivity contribution in [1.82, 2.24) is 0 Å². The largest absolute Gasteiger partial charge is 0.492 e. The van der Waals surface area contributed by atoms with E-state index in [0.29, 0.717) is 23.2 Å². The van der Waals surface area contributed by atoms with Crippen LogP contribution in [0.1, 0.15) is 16.8 Å². The van der Waals surface area contributed by atoms with Gasteiger partial charge >= 0.3 is 5.97 Å². The summed E-state index contributed by atoms with van der Waals surface area (Å²) in [5, 5.41) is 8.95. The molecule has 1 N–H and O–H groups in total.